The van der Waals surface area contributed by atoms with Crippen molar-refractivity contribution in [3.63, 3.8) is 0 Å². The van der Waals surface area contributed by atoms with Gasteiger partial charge in [0.1, 0.15) is 9.91 Å². The number of aryl methyl sites for hydroxylation is 2. The predicted molar refractivity (Wildman–Crippen MR) is 128 cm³/mol. The summed E-state index contributed by atoms with van der Waals surface area (Å²) in [4.78, 5) is 21.5. The molecule has 3 aromatic heterocycles. The molecule has 0 aliphatic heterocycles. The van der Waals surface area contributed by atoms with Gasteiger partial charge in [0.25, 0.3) is 5.91 Å². The van der Waals surface area contributed by atoms with E-state index in [1.165, 1.54) is 17.5 Å². The number of imidazole rings is 1. The maximum Gasteiger partial charge on any atom is 0.267 e. The van der Waals surface area contributed by atoms with E-state index in [-0.39, 0.29) is 5.91 Å². The third-order valence-corrected chi connectivity index (χ3v) is 6.20. The maximum atomic E-state index is 12.6. The number of aromatic nitrogens is 5. The van der Waals surface area contributed by atoms with Crippen LogP contribution in [0.5, 0.6) is 0 Å². The van der Waals surface area contributed by atoms with E-state index < -0.39 is 0 Å². The van der Waals surface area contributed by atoms with Gasteiger partial charge in [0.05, 0.1) is 30.3 Å². The molecular formula is C23H18ClN7OS. The first-order valence-electron chi connectivity index (χ1n) is 10.1. The summed E-state index contributed by atoms with van der Waals surface area (Å²) >= 11 is 7.39. The van der Waals surface area contributed by atoms with Crippen LogP contribution in [-0.2, 0) is 13.1 Å². The molecular weight excluding hydrogens is 458 g/mol. The summed E-state index contributed by atoms with van der Waals surface area (Å²) in [6, 6.07) is 5.93. The van der Waals surface area contributed by atoms with Crippen LogP contribution in [0.1, 0.15) is 16.6 Å². The minimum Gasteiger partial charge on any atom is -0.336 e. The van der Waals surface area contributed by atoms with Crippen molar-refractivity contribution in [1.29, 1.82) is 0 Å². The van der Waals surface area contributed by atoms with Crippen molar-refractivity contribution in [3.8, 4) is 0 Å². The van der Waals surface area contributed by atoms with E-state index in [4.69, 9.17) is 11.6 Å². The topological polar surface area (TPSA) is 89.7 Å². The standard InChI is InChI=1S/C23H18ClN7OS/c1-15-3-2-4-18(24)21(15)28-22(32)20-12-26-23(33-20)27-17-6-5-16-13-31(29-19(16)11-17)10-9-30-8-7-25-14-30/h3,5-8,11-14H,9-10H2,1H3,(H,26,27)(H,28,32). The fourth-order valence-electron chi connectivity index (χ4n) is 3.30. The molecule has 10 heteroatoms. The first kappa shape index (κ1) is 21.0. The summed E-state index contributed by atoms with van der Waals surface area (Å²) in [5.41, 5.74) is 8.62. The zero-order valence-corrected chi connectivity index (χ0v) is 19.1. The lowest BCUT2D eigenvalue weighted by atomic mass is 10.2. The molecule has 0 bridgehead atoms. The Morgan fingerprint density at radius 3 is 3.03 bits per heavy atom. The van der Waals surface area contributed by atoms with Crippen LogP contribution >= 0.6 is 22.9 Å². The molecule has 5 rings (SSSR count). The van der Waals surface area contributed by atoms with Gasteiger partial charge in [0, 0.05) is 36.2 Å². The van der Waals surface area contributed by atoms with Gasteiger partial charge in [0.15, 0.2) is 5.13 Å². The molecule has 0 spiro atoms. The second kappa shape index (κ2) is 8.94. The van der Waals surface area contributed by atoms with Crippen molar-refractivity contribution in [2.24, 2.45) is 0 Å². The van der Waals surface area contributed by atoms with Crippen LogP contribution in [0, 0.1) is 0 Å². The molecule has 1 aliphatic rings. The predicted octanol–water partition coefficient (Wildman–Crippen LogP) is 4.58. The summed E-state index contributed by atoms with van der Waals surface area (Å²) in [6.07, 6.45) is 10.8. The molecule has 4 aromatic rings. The van der Waals surface area contributed by atoms with E-state index in [9.17, 15) is 4.79 Å². The fraction of sp³-hybridized carbons (Fsp3) is 0.130. The number of rotatable bonds is 7. The molecule has 33 heavy (non-hydrogen) atoms. The van der Waals surface area contributed by atoms with Gasteiger partial charge in [-0.05, 0) is 42.5 Å². The number of anilines is 2. The highest BCUT2D eigenvalue weighted by Crippen LogP contribution is 2.26. The lowest BCUT2D eigenvalue weighted by Crippen LogP contribution is -2.23. The summed E-state index contributed by atoms with van der Waals surface area (Å²) in [7, 11) is 0. The third-order valence-electron chi connectivity index (χ3n) is 5.00. The Hall–Kier alpha value is -3.87. The van der Waals surface area contributed by atoms with E-state index in [0.29, 0.717) is 20.7 Å². The molecule has 1 aliphatic carbocycles. The van der Waals surface area contributed by atoms with Crippen LogP contribution in [0.2, 0.25) is 0 Å². The van der Waals surface area contributed by atoms with Crippen molar-refractivity contribution < 1.29 is 4.79 Å². The van der Waals surface area contributed by atoms with Crippen LogP contribution in [0.15, 0.2) is 83.2 Å². The number of carbonyl (C=O) groups excluding carboxylic acids is 1. The Balaban J connectivity index is 1.26. The summed E-state index contributed by atoms with van der Waals surface area (Å²) < 4.78 is 3.94. The molecule has 1 amide bonds. The van der Waals surface area contributed by atoms with Crippen LogP contribution in [0.4, 0.5) is 10.8 Å². The van der Waals surface area contributed by atoms with Crippen molar-refractivity contribution >= 4 is 50.6 Å². The summed E-state index contributed by atoms with van der Waals surface area (Å²) in [5.74, 6) is -0.280. The first-order chi connectivity index (χ1) is 16.0. The number of carbonyl (C=O) groups is 1. The van der Waals surface area contributed by atoms with Gasteiger partial charge >= 0.3 is 0 Å². The van der Waals surface area contributed by atoms with E-state index >= 15 is 0 Å². The summed E-state index contributed by atoms with van der Waals surface area (Å²) in [6.45, 7) is 3.40. The van der Waals surface area contributed by atoms with Gasteiger partial charge in [-0.1, -0.05) is 28.7 Å². The average molecular weight is 476 g/mol. The van der Waals surface area contributed by atoms with E-state index in [1.54, 1.807) is 18.6 Å². The molecule has 0 unspecified atom stereocenters. The minimum absolute atomic E-state index is 0.280. The minimum atomic E-state index is -0.280. The van der Waals surface area contributed by atoms with Gasteiger partial charge < -0.3 is 15.2 Å². The van der Waals surface area contributed by atoms with E-state index in [2.05, 4.69) is 37.2 Å². The van der Waals surface area contributed by atoms with Gasteiger partial charge in [-0.3, -0.25) is 9.48 Å². The highest BCUT2D eigenvalue weighted by molar-refractivity contribution is 7.17. The van der Waals surface area contributed by atoms with Gasteiger partial charge in [0.2, 0.25) is 0 Å². The third kappa shape index (κ3) is 4.67. The first-order valence-corrected chi connectivity index (χ1v) is 11.3. The summed E-state index contributed by atoms with van der Waals surface area (Å²) in [5, 5.41) is 12.7. The van der Waals surface area contributed by atoms with Crippen molar-refractivity contribution in [3.05, 3.63) is 88.0 Å². The molecule has 0 radical (unpaired) electrons. The zero-order valence-electron chi connectivity index (χ0n) is 17.5. The average Bonchev–Trinajstić information content (AvgIpc) is 3.55. The Kier molecular flexibility index (Phi) is 5.69. The second-order valence-corrected chi connectivity index (χ2v) is 8.77. The number of halogens is 1. The van der Waals surface area contributed by atoms with E-state index in [1.807, 2.05) is 46.8 Å². The van der Waals surface area contributed by atoms with Gasteiger partial charge in [-0.2, -0.15) is 5.10 Å². The molecule has 0 fully saturated rings. The fourth-order valence-corrected chi connectivity index (χ4v) is 4.28. The molecule has 164 valence electrons. The number of amides is 1. The largest absolute Gasteiger partial charge is 0.336 e. The Bertz CT molecular complexity index is 1480. The molecule has 0 saturated heterocycles. The normalized spacial score (nSPS) is 13.0. The van der Waals surface area contributed by atoms with Crippen LogP contribution in [0.3, 0.4) is 0 Å². The van der Waals surface area contributed by atoms with Crippen LogP contribution in [0.25, 0.3) is 10.9 Å². The number of allylic oxidation sites excluding steroid dienone is 3. The SMILES string of the molecule is CC1=C(NC(=O)c2cnc(Nc3ccc4cn(CCn5ccnc5)nc4c3)s2)C(Cl)=C=C=C1. The van der Waals surface area contributed by atoms with Crippen LogP contribution in [-0.4, -0.2) is 30.2 Å². The van der Waals surface area contributed by atoms with Gasteiger partial charge in [-0.25, -0.2) is 9.97 Å². The highest BCUT2D eigenvalue weighted by atomic mass is 35.5. The van der Waals surface area contributed by atoms with Crippen molar-refractivity contribution in [2.45, 2.75) is 20.0 Å². The van der Waals surface area contributed by atoms with Gasteiger partial charge in [-0.15, -0.1) is 0 Å². The lowest BCUT2D eigenvalue weighted by molar-refractivity contribution is 0.0970. The Labute approximate surface area is 198 Å². The zero-order chi connectivity index (χ0) is 22.8. The molecule has 3 heterocycles. The second-order valence-electron chi connectivity index (χ2n) is 7.36. The molecule has 0 atom stereocenters. The van der Waals surface area contributed by atoms with Crippen molar-refractivity contribution in [2.75, 3.05) is 5.32 Å². The highest BCUT2D eigenvalue weighted by Gasteiger charge is 2.16. The quantitative estimate of drug-likeness (QED) is 0.382. The molecule has 8 nitrogen and oxygen atoms in total. The number of hydrogen-bond acceptors (Lipinski definition) is 6. The Morgan fingerprint density at radius 2 is 2.21 bits per heavy atom. The number of nitrogens with zero attached hydrogens (tertiary/aromatic N) is 5. The number of fused-ring (bicyclic) bond motifs is 1. The van der Waals surface area contributed by atoms with Crippen LogP contribution < -0.4 is 10.6 Å². The smallest absolute Gasteiger partial charge is 0.267 e. The lowest BCUT2D eigenvalue weighted by Gasteiger charge is -2.10. The number of nitrogens with one attached hydrogen (secondary N) is 2. The number of hydrogen-bond donors (Lipinski definition) is 2. The molecule has 0 saturated carbocycles. The molecule has 1 aromatic carbocycles. The van der Waals surface area contributed by atoms with Crippen molar-refractivity contribution in [1.82, 2.24) is 29.6 Å². The Morgan fingerprint density at radius 1 is 1.30 bits per heavy atom. The maximum absolute atomic E-state index is 12.6. The van der Waals surface area contributed by atoms with E-state index in [0.717, 1.165) is 35.3 Å². The number of thiazole rings is 1. The number of benzene rings is 1. The molecule has 2 N–H and O–H groups in total. The monoisotopic (exact) mass is 475 g/mol.